The summed E-state index contributed by atoms with van der Waals surface area (Å²) in [6.07, 6.45) is 1.06. The van der Waals surface area contributed by atoms with Crippen LogP contribution in [0.3, 0.4) is 0 Å². The largest absolute Gasteiger partial charge is 0.242 e. The predicted molar refractivity (Wildman–Crippen MR) is 42.9 cm³/mol. The molecule has 0 bridgehead atoms. The molecule has 0 atom stereocenters. The van der Waals surface area contributed by atoms with Crippen LogP contribution in [0.5, 0.6) is 0 Å². The zero-order valence-corrected chi connectivity index (χ0v) is 6.49. The number of pyridine rings is 1. The first-order valence-corrected chi connectivity index (χ1v) is 3.60. The van der Waals surface area contributed by atoms with Gasteiger partial charge in [0, 0.05) is 18.5 Å². The molecule has 0 aliphatic carbocycles. The van der Waals surface area contributed by atoms with Gasteiger partial charge in [-0.15, -0.1) is 0 Å². The lowest BCUT2D eigenvalue weighted by Gasteiger charge is -1.94. The molecule has 1 heterocycles. The van der Waals surface area contributed by atoms with Crippen molar-refractivity contribution in [3.8, 4) is 12.1 Å². The monoisotopic (exact) mass is 157 g/mol. The van der Waals surface area contributed by atoms with Crippen LogP contribution in [0.1, 0.15) is 17.8 Å². The Morgan fingerprint density at radius 1 is 1.33 bits per heavy atom. The van der Waals surface area contributed by atoms with Crippen LogP contribution in [-0.4, -0.2) is 4.98 Å². The molecule has 0 radical (unpaired) electrons. The topological polar surface area (TPSA) is 60.5 Å². The normalized spacial score (nSPS) is 8.50. The number of nitrogens with zero attached hydrogens (tertiary/aromatic N) is 3. The van der Waals surface area contributed by atoms with Crippen molar-refractivity contribution in [3.05, 3.63) is 29.6 Å². The van der Waals surface area contributed by atoms with Crippen molar-refractivity contribution >= 4 is 0 Å². The number of nitriles is 2. The Morgan fingerprint density at radius 2 is 2.17 bits per heavy atom. The lowest BCUT2D eigenvalue weighted by atomic mass is 10.2. The molecule has 0 amide bonds. The first-order valence-electron chi connectivity index (χ1n) is 3.60. The number of aromatic nitrogens is 1. The fraction of sp³-hybridized carbons (Fsp3) is 0.222. The van der Waals surface area contributed by atoms with Crippen LogP contribution in [0, 0.1) is 22.7 Å². The summed E-state index contributed by atoms with van der Waals surface area (Å²) in [5, 5.41) is 16.8. The van der Waals surface area contributed by atoms with E-state index < -0.39 is 0 Å². The van der Waals surface area contributed by atoms with Crippen LogP contribution in [-0.2, 0) is 6.42 Å². The third-order valence-corrected chi connectivity index (χ3v) is 1.41. The van der Waals surface area contributed by atoms with Crippen molar-refractivity contribution in [1.82, 2.24) is 4.98 Å². The summed E-state index contributed by atoms with van der Waals surface area (Å²) in [6, 6.07) is 9.22. The van der Waals surface area contributed by atoms with Gasteiger partial charge in [0.2, 0.25) is 0 Å². The van der Waals surface area contributed by atoms with Crippen molar-refractivity contribution < 1.29 is 0 Å². The lowest BCUT2D eigenvalue weighted by Crippen LogP contribution is -1.91. The second-order valence-corrected chi connectivity index (χ2v) is 2.28. The van der Waals surface area contributed by atoms with E-state index in [0.29, 0.717) is 18.5 Å². The Hall–Kier alpha value is -1.87. The van der Waals surface area contributed by atoms with E-state index in [4.69, 9.17) is 10.5 Å². The molecule has 0 aromatic carbocycles. The van der Waals surface area contributed by atoms with Crippen molar-refractivity contribution in [2.75, 3.05) is 0 Å². The van der Waals surface area contributed by atoms with Gasteiger partial charge in [-0.3, -0.25) is 0 Å². The molecule has 0 saturated heterocycles. The molecule has 1 rings (SSSR count). The van der Waals surface area contributed by atoms with Crippen LogP contribution >= 0.6 is 0 Å². The van der Waals surface area contributed by atoms with E-state index in [1.54, 1.807) is 12.1 Å². The summed E-state index contributed by atoms with van der Waals surface area (Å²) >= 11 is 0. The number of rotatable bonds is 2. The Labute approximate surface area is 70.9 Å². The summed E-state index contributed by atoms with van der Waals surface area (Å²) in [6.45, 7) is 0. The van der Waals surface area contributed by atoms with Gasteiger partial charge in [0.05, 0.1) is 6.07 Å². The van der Waals surface area contributed by atoms with Gasteiger partial charge in [0.15, 0.2) is 0 Å². The van der Waals surface area contributed by atoms with E-state index in [2.05, 4.69) is 4.98 Å². The van der Waals surface area contributed by atoms with Gasteiger partial charge in [-0.2, -0.15) is 10.5 Å². The van der Waals surface area contributed by atoms with Crippen molar-refractivity contribution in [2.24, 2.45) is 0 Å². The van der Waals surface area contributed by atoms with Gasteiger partial charge >= 0.3 is 0 Å². The fourth-order valence-electron chi connectivity index (χ4n) is 0.865. The quantitative estimate of drug-likeness (QED) is 0.652. The molecule has 0 aliphatic heterocycles. The number of aryl methyl sites for hydroxylation is 1. The highest BCUT2D eigenvalue weighted by atomic mass is 14.7. The Balaban J connectivity index is 2.76. The predicted octanol–water partition coefficient (Wildman–Crippen LogP) is 1.41. The third-order valence-electron chi connectivity index (χ3n) is 1.41. The minimum atomic E-state index is 0.408. The first kappa shape index (κ1) is 8.23. The minimum Gasteiger partial charge on any atom is -0.242 e. The zero-order chi connectivity index (χ0) is 8.81. The van der Waals surface area contributed by atoms with Gasteiger partial charge in [0.1, 0.15) is 11.8 Å². The van der Waals surface area contributed by atoms with Crippen LogP contribution in [0.4, 0.5) is 0 Å². The van der Waals surface area contributed by atoms with Crippen molar-refractivity contribution in [2.45, 2.75) is 12.8 Å². The highest BCUT2D eigenvalue weighted by Crippen LogP contribution is 2.00. The second kappa shape index (κ2) is 4.10. The molecule has 0 aliphatic rings. The Bertz CT molecular complexity index is 344. The number of hydrogen-bond donors (Lipinski definition) is 0. The lowest BCUT2D eigenvalue weighted by molar-refractivity contribution is 0.946. The molecule has 0 spiro atoms. The summed E-state index contributed by atoms with van der Waals surface area (Å²) in [5.74, 6) is 0. The van der Waals surface area contributed by atoms with E-state index in [-0.39, 0.29) is 0 Å². The van der Waals surface area contributed by atoms with E-state index in [1.165, 1.54) is 0 Å². The molecular weight excluding hydrogens is 150 g/mol. The van der Waals surface area contributed by atoms with E-state index in [9.17, 15) is 0 Å². The van der Waals surface area contributed by atoms with E-state index in [0.717, 1.165) is 5.69 Å². The zero-order valence-electron chi connectivity index (χ0n) is 6.49. The van der Waals surface area contributed by atoms with Gasteiger partial charge in [-0.05, 0) is 12.1 Å². The Morgan fingerprint density at radius 3 is 2.83 bits per heavy atom. The molecule has 0 N–H and O–H groups in total. The van der Waals surface area contributed by atoms with Crippen LogP contribution in [0.25, 0.3) is 0 Å². The summed E-state index contributed by atoms with van der Waals surface area (Å²) < 4.78 is 0. The van der Waals surface area contributed by atoms with Crippen LogP contribution in [0.2, 0.25) is 0 Å². The highest BCUT2D eigenvalue weighted by Gasteiger charge is 1.95. The van der Waals surface area contributed by atoms with Gasteiger partial charge in [0.25, 0.3) is 0 Å². The molecule has 0 fully saturated rings. The standard InChI is InChI=1S/C9H7N3/c10-6-2-5-8-3-1-4-9(7-11)12-8/h1,3-4H,2,5H2. The van der Waals surface area contributed by atoms with Crippen molar-refractivity contribution in [1.29, 1.82) is 10.5 Å². The summed E-state index contributed by atoms with van der Waals surface area (Å²) in [7, 11) is 0. The summed E-state index contributed by atoms with van der Waals surface area (Å²) in [4.78, 5) is 4.02. The second-order valence-electron chi connectivity index (χ2n) is 2.28. The van der Waals surface area contributed by atoms with E-state index >= 15 is 0 Å². The molecular formula is C9H7N3. The van der Waals surface area contributed by atoms with Gasteiger partial charge in [-0.1, -0.05) is 6.07 Å². The van der Waals surface area contributed by atoms with Gasteiger partial charge < -0.3 is 0 Å². The van der Waals surface area contributed by atoms with Crippen LogP contribution in [0.15, 0.2) is 18.2 Å². The first-order chi connectivity index (χ1) is 5.86. The molecule has 1 aromatic heterocycles. The average molecular weight is 157 g/mol. The van der Waals surface area contributed by atoms with Crippen LogP contribution < -0.4 is 0 Å². The minimum absolute atomic E-state index is 0.408. The average Bonchev–Trinajstić information content (AvgIpc) is 2.15. The summed E-state index contributed by atoms with van der Waals surface area (Å²) in [5.41, 5.74) is 1.21. The molecule has 3 nitrogen and oxygen atoms in total. The van der Waals surface area contributed by atoms with Crippen molar-refractivity contribution in [3.63, 3.8) is 0 Å². The van der Waals surface area contributed by atoms with E-state index in [1.807, 2.05) is 18.2 Å². The highest BCUT2D eigenvalue weighted by molar-refractivity contribution is 5.22. The molecule has 0 unspecified atom stereocenters. The Kier molecular flexibility index (Phi) is 2.81. The van der Waals surface area contributed by atoms with Gasteiger partial charge in [-0.25, -0.2) is 4.98 Å². The number of hydrogen-bond acceptors (Lipinski definition) is 3. The maximum Gasteiger partial charge on any atom is 0.140 e. The SMILES string of the molecule is N#CCCc1cccc(C#N)n1. The molecule has 1 aromatic rings. The molecule has 12 heavy (non-hydrogen) atoms. The maximum atomic E-state index is 8.51. The maximum absolute atomic E-state index is 8.51. The fourth-order valence-corrected chi connectivity index (χ4v) is 0.865. The molecule has 3 heteroatoms. The smallest absolute Gasteiger partial charge is 0.140 e. The molecule has 0 saturated carbocycles. The molecule has 58 valence electrons. The third kappa shape index (κ3) is 2.07.